The molecule has 0 saturated heterocycles. The second-order valence-electron chi connectivity index (χ2n) is 6.07. The molecule has 0 radical (unpaired) electrons. The van der Waals surface area contributed by atoms with Crippen LogP contribution in [0.25, 0.3) is 0 Å². The SMILES string of the molecule is CC(C)c1ccc(N[C@@H](C)C(=O)Nc2ccc(C(N)=O)cc2)cc1. The topological polar surface area (TPSA) is 84.2 Å². The summed E-state index contributed by atoms with van der Waals surface area (Å²) < 4.78 is 0. The minimum absolute atomic E-state index is 0.158. The molecule has 0 aliphatic heterocycles. The molecule has 126 valence electrons. The van der Waals surface area contributed by atoms with Gasteiger partial charge in [-0.25, -0.2) is 0 Å². The highest BCUT2D eigenvalue weighted by Crippen LogP contribution is 2.18. The predicted molar refractivity (Wildman–Crippen MR) is 97.2 cm³/mol. The summed E-state index contributed by atoms with van der Waals surface area (Å²) in [6.45, 7) is 6.08. The van der Waals surface area contributed by atoms with Crippen molar-refractivity contribution in [3.63, 3.8) is 0 Å². The van der Waals surface area contributed by atoms with E-state index in [0.717, 1.165) is 5.69 Å². The van der Waals surface area contributed by atoms with Gasteiger partial charge in [-0.1, -0.05) is 26.0 Å². The summed E-state index contributed by atoms with van der Waals surface area (Å²) in [5.74, 6) is -0.175. The third kappa shape index (κ3) is 4.59. The van der Waals surface area contributed by atoms with Crippen molar-refractivity contribution in [3.8, 4) is 0 Å². The van der Waals surface area contributed by atoms with Crippen molar-refractivity contribution in [2.45, 2.75) is 32.7 Å². The van der Waals surface area contributed by atoms with Crippen LogP contribution in [0.15, 0.2) is 48.5 Å². The highest BCUT2D eigenvalue weighted by molar-refractivity contribution is 5.97. The van der Waals surface area contributed by atoms with Crippen LogP contribution in [0.2, 0.25) is 0 Å². The molecule has 2 amide bonds. The maximum atomic E-state index is 12.2. The fourth-order valence-electron chi connectivity index (χ4n) is 2.25. The maximum Gasteiger partial charge on any atom is 0.248 e. The molecular formula is C19H23N3O2. The Morgan fingerprint density at radius 1 is 0.875 bits per heavy atom. The van der Waals surface area contributed by atoms with E-state index in [1.165, 1.54) is 5.56 Å². The molecule has 2 aromatic carbocycles. The van der Waals surface area contributed by atoms with Gasteiger partial charge in [0.05, 0.1) is 0 Å². The van der Waals surface area contributed by atoms with Crippen molar-refractivity contribution in [3.05, 3.63) is 59.7 Å². The van der Waals surface area contributed by atoms with E-state index in [-0.39, 0.29) is 5.91 Å². The van der Waals surface area contributed by atoms with Gasteiger partial charge in [-0.05, 0) is 54.8 Å². The van der Waals surface area contributed by atoms with Crippen molar-refractivity contribution in [1.29, 1.82) is 0 Å². The molecule has 2 aromatic rings. The first-order valence-corrected chi connectivity index (χ1v) is 7.94. The van der Waals surface area contributed by atoms with Crippen LogP contribution in [-0.2, 0) is 4.79 Å². The lowest BCUT2D eigenvalue weighted by Gasteiger charge is -2.16. The number of benzene rings is 2. The highest BCUT2D eigenvalue weighted by atomic mass is 16.2. The van der Waals surface area contributed by atoms with Gasteiger partial charge in [0.25, 0.3) is 0 Å². The second kappa shape index (κ2) is 7.64. The number of nitrogens with two attached hydrogens (primary N) is 1. The molecule has 24 heavy (non-hydrogen) atoms. The number of primary amides is 1. The molecule has 0 aliphatic rings. The van der Waals surface area contributed by atoms with Gasteiger partial charge in [0.2, 0.25) is 11.8 Å². The van der Waals surface area contributed by atoms with Crippen LogP contribution >= 0.6 is 0 Å². The molecule has 1 atom stereocenters. The fraction of sp³-hybridized carbons (Fsp3) is 0.263. The smallest absolute Gasteiger partial charge is 0.248 e. The number of anilines is 2. The summed E-state index contributed by atoms with van der Waals surface area (Å²) in [4.78, 5) is 23.3. The van der Waals surface area contributed by atoms with E-state index in [4.69, 9.17) is 5.73 Å². The van der Waals surface area contributed by atoms with Gasteiger partial charge in [-0.15, -0.1) is 0 Å². The Bertz CT molecular complexity index is 706. The zero-order valence-corrected chi connectivity index (χ0v) is 14.2. The van der Waals surface area contributed by atoms with E-state index in [9.17, 15) is 9.59 Å². The molecule has 4 N–H and O–H groups in total. The minimum Gasteiger partial charge on any atom is -0.374 e. The Morgan fingerprint density at radius 2 is 1.42 bits per heavy atom. The molecular weight excluding hydrogens is 302 g/mol. The Labute approximate surface area is 142 Å². The van der Waals surface area contributed by atoms with Crippen molar-refractivity contribution < 1.29 is 9.59 Å². The Hall–Kier alpha value is -2.82. The summed E-state index contributed by atoms with van der Waals surface area (Å²) >= 11 is 0. The summed E-state index contributed by atoms with van der Waals surface area (Å²) in [7, 11) is 0. The summed E-state index contributed by atoms with van der Waals surface area (Å²) in [5.41, 5.74) is 8.37. The van der Waals surface area contributed by atoms with Crippen molar-refractivity contribution in [2.24, 2.45) is 5.73 Å². The first-order chi connectivity index (χ1) is 11.4. The lowest BCUT2D eigenvalue weighted by molar-refractivity contribution is -0.116. The van der Waals surface area contributed by atoms with Gasteiger partial charge in [0.15, 0.2) is 0 Å². The molecule has 0 aliphatic carbocycles. The van der Waals surface area contributed by atoms with Crippen LogP contribution in [0.1, 0.15) is 42.6 Å². The second-order valence-corrected chi connectivity index (χ2v) is 6.07. The van der Waals surface area contributed by atoms with E-state index >= 15 is 0 Å². The Balaban J connectivity index is 1.95. The zero-order valence-electron chi connectivity index (χ0n) is 14.2. The van der Waals surface area contributed by atoms with Gasteiger partial charge in [0.1, 0.15) is 6.04 Å². The van der Waals surface area contributed by atoms with Crippen LogP contribution in [0, 0.1) is 0 Å². The number of carbonyl (C=O) groups is 2. The highest BCUT2D eigenvalue weighted by Gasteiger charge is 2.13. The number of amides is 2. The van der Waals surface area contributed by atoms with Crippen LogP contribution in [-0.4, -0.2) is 17.9 Å². The molecule has 0 fully saturated rings. The third-order valence-electron chi connectivity index (χ3n) is 3.79. The zero-order chi connectivity index (χ0) is 17.7. The number of hydrogen-bond donors (Lipinski definition) is 3. The molecule has 2 rings (SSSR count). The summed E-state index contributed by atoms with van der Waals surface area (Å²) in [5, 5.41) is 5.98. The molecule has 0 heterocycles. The standard InChI is InChI=1S/C19H23N3O2/c1-12(2)14-4-8-16(9-5-14)21-13(3)19(24)22-17-10-6-15(7-11-17)18(20)23/h4-13,21H,1-3H3,(H2,20,23)(H,22,24)/t13-/m0/s1. The largest absolute Gasteiger partial charge is 0.374 e. The number of rotatable bonds is 6. The van der Waals surface area contributed by atoms with E-state index < -0.39 is 11.9 Å². The van der Waals surface area contributed by atoms with Crippen LogP contribution in [0.3, 0.4) is 0 Å². The monoisotopic (exact) mass is 325 g/mol. The van der Waals surface area contributed by atoms with Gasteiger partial charge >= 0.3 is 0 Å². The molecule has 0 spiro atoms. The average Bonchev–Trinajstić information content (AvgIpc) is 2.55. The van der Waals surface area contributed by atoms with Gasteiger partial charge < -0.3 is 16.4 Å². The number of nitrogens with one attached hydrogen (secondary N) is 2. The molecule has 0 saturated carbocycles. The van der Waals surface area contributed by atoms with E-state index in [1.807, 2.05) is 12.1 Å². The van der Waals surface area contributed by atoms with Crippen molar-refractivity contribution in [1.82, 2.24) is 0 Å². The normalized spacial score (nSPS) is 11.8. The van der Waals surface area contributed by atoms with Crippen LogP contribution in [0.4, 0.5) is 11.4 Å². The number of carbonyl (C=O) groups excluding carboxylic acids is 2. The Morgan fingerprint density at radius 3 is 1.92 bits per heavy atom. The van der Waals surface area contributed by atoms with Crippen molar-refractivity contribution >= 4 is 23.2 Å². The van der Waals surface area contributed by atoms with E-state index in [2.05, 4.69) is 36.6 Å². The molecule has 0 unspecified atom stereocenters. The van der Waals surface area contributed by atoms with E-state index in [0.29, 0.717) is 17.2 Å². The minimum atomic E-state index is -0.493. The van der Waals surface area contributed by atoms with Gasteiger partial charge in [0, 0.05) is 16.9 Å². The maximum absolute atomic E-state index is 12.2. The number of hydrogen-bond acceptors (Lipinski definition) is 3. The first-order valence-electron chi connectivity index (χ1n) is 7.94. The first kappa shape index (κ1) is 17.5. The van der Waals surface area contributed by atoms with Crippen molar-refractivity contribution in [2.75, 3.05) is 10.6 Å². The lowest BCUT2D eigenvalue weighted by Crippen LogP contribution is -2.31. The molecule has 5 nitrogen and oxygen atoms in total. The fourth-order valence-corrected chi connectivity index (χ4v) is 2.25. The predicted octanol–water partition coefficient (Wildman–Crippen LogP) is 3.35. The van der Waals surface area contributed by atoms with Gasteiger partial charge in [-0.2, -0.15) is 0 Å². The molecule has 0 bridgehead atoms. The molecule has 5 heteroatoms. The Kier molecular flexibility index (Phi) is 5.58. The third-order valence-corrected chi connectivity index (χ3v) is 3.79. The van der Waals surface area contributed by atoms with Crippen LogP contribution in [0.5, 0.6) is 0 Å². The lowest BCUT2D eigenvalue weighted by atomic mass is 10.0. The summed E-state index contributed by atoms with van der Waals surface area (Å²) in [6.07, 6.45) is 0. The quantitative estimate of drug-likeness (QED) is 0.761. The average molecular weight is 325 g/mol. The van der Waals surface area contributed by atoms with Gasteiger partial charge in [-0.3, -0.25) is 9.59 Å². The van der Waals surface area contributed by atoms with Crippen LogP contribution < -0.4 is 16.4 Å². The van der Waals surface area contributed by atoms with E-state index in [1.54, 1.807) is 31.2 Å². The summed E-state index contributed by atoms with van der Waals surface area (Å²) in [6, 6.07) is 14.1. The molecule has 0 aromatic heterocycles.